The van der Waals surface area contributed by atoms with Gasteiger partial charge in [0.1, 0.15) is 12.6 Å². The first-order chi connectivity index (χ1) is 17.9. The highest BCUT2D eigenvalue weighted by Crippen LogP contribution is 2.25. The molecule has 0 aliphatic carbocycles. The first kappa shape index (κ1) is 28.0. The fourth-order valence-corrected chi connectivity index (χ4v) is 3.98. The molecule has 10 nitrogen and oxygen atoms in total. The number of hydrazine groups is 1. The Morgan fingerprint density at radius 1 is 1.03 bits per heavy atom. The zero-order chi connectivity index (χ0) is 26.6. The number of methoxy groups -OCH3 is 1. The van der Waals surface area contributed by atoms with Crippen LogP contribution in [0.5, 0.6) is 0 Å². The molecule has 200 valence electrons. The Balaban J connectivity index is 1.64. The molecule has 2 amide bonds. The average molecular weight is 511 g/mol. The van der Waals surface area contributed by atoms with Crippen LogP contribution in [-0.4, -0.2) is 35.4 Å². The van der Waals surface area contributed by atoms with Gasteiger partial charge in [0.05, 0.1) is 18.3 Å². The van der Waals surface area contributed by atoms with Crippen LogP contribution in [0.4, 0.5) is 10.5 Å². The number of amides is 2. The predicted molar refractivity (Wildman–Crippen MR) is 142 cm³/mol. The summed E-state index contributed by atoms with van der Waals surface area (Å²) in [4.78, 5) is 25.6. The molecule has 1 heterocycles. The fourth-order valence-electron chi connectivity index (χ4n) is 3.98. The second-order valence-corrected chi connectivity index (χ2v) is 9.26. The molecule has 6 N–H and O–H groups in total. The number of nitrogens with zero attached hydrogens (tertiary/aromatic N) is 1. The molecule has 2 aromatic carbocycles. The van der Waals surface area contributed by atoms with Gasteiger partial charge in [0.25, 0.3) is 0 Å². The Morgan fingerprint density at radius 2 is 1.70 bits per heavy atom. The van der Waals surface area contributed by atoms with Crippen LogP contribution in [0.1, 0.15) is 55.6 Å². The molecule has 0 saturated heterocycles. The predicted octanol–water partition coefficient (Wildman–Crippen LogP) is 4.01. The first-order valence-electron chi connectivity index (χ1n) is 12.5. The molecule has 0 fully saturated rings. The van der Waals surface area contributed by atoms with Crippen molar-refractivity contribution in [3.8, 4) is 0 Å². The lowest BCUT2D eigenvalue weighted by molar-refractivity contribution is -0.119. The van der Waals surface area contributed by atoms with E-state index in [1.54, 1.807) is 11.8 Å². The van der Waals surface area contributed by atoms with Crippen molar-refractivity contribution in [2.45, 2.75) is 52.0 Å². The minimum atomic E-state index is -0.496. The Labute approximate surface area is 217 Å². The summed E-state index contributed by atoms with van der Waals surface area (Å²) >= 11 is 0. The molecule has 0 spiro atoms. The Bertz CT molecular complexity index is 1080. The number of nitrogens with one attached hydrogen (secondary N) is 4. The number of hydrogen-bond acceptors (Lipinski definition) is 6. The largest absolute Gasteiger partial charge is 0.445 e. The third kappa shape index (κ3) is 8.49. The Hall–Kier alpha value is -3.60. The number of alkyl carbamates (subject to hydrolysis) is 1. The van der Waals surface area contributed by atoms with Crippen molar-refractivity contribution in [3.63, 3.8) is 0 Å². The number of nitrogens with two attached hydrogens (primary N) is 1. The average Bonchev–Trinajstić information content (AvgIpc) is 2.87. The number of carbonyl (C=O) groups excluding carboxylic acids is 2. The molecule has 0 bridgehead atoms. The number of aromatic nitrogens is 2. The number of benzene rings is 2. The van der Waals surface area contributed by atoms with Crippen LogP contribution >= 0.6 is 0 Å². The van der Waals surface area contributed by atoms with E-state index in [9.17, 15) is 9.59 Å². The maximum Gasteiger partial charge on any atom is 0.408 e. The molecular weight excluding hydrogens is 472 g/mol. The van der Waals surface area contributed by atoms with Crippen molar-refractivity contribution in [2.24, 2.45) is 11.8 Å². The molecule has 37 heavy (non-hydrogen) atoms. The van der Waals surface area contributed by atoms with Crippen molar-refractivity contribution in [1.82, 2.24) is 20.5 Å². The highest BCUT2D eigenvalue weighted by Gasteiger charge is 2.27. The SMILES string of the molecule is COCc1ccc(NC(=O)[C@H](CCCNN)n2cc([C@@H](NC(=O)OCc3ccccc3)C(C)C)[nH]2)cc1. The van der Waals surface area contributed by atoms with E-state index < -0.39 is 12.1 Å². The van der Waals surface area contributed by atoms with Crippen LogP contribution in [0.2, 0.25) is 0 Å². The lowest BCUT2D eigenvalue weighted by Gasteiger charge is -2.30. The van der Waals surface area contributed by atoms with Crippen molar-refractivity contribution >= 4 is 17.7 Å². The van der Waals surface area contributed by atoms with Crippen molar-refractivity contribution < 1.29 is 19.1 Å². The fraction of sp³-hybridized carbons (Fsp3) is 0.407. The minimum Gasteiger partial charge on any atom is -0.445 e. The number of ether oxygens (including phenoxy) is 2. The van der Waals surface area contributed by atoms with Gasteiger partial charge in [0, 0.05) is 25.5 Å². The van der Waals surface area contributed by atoms with E-state index >= 15 is 0 Å². The number of rotatable bonds is 14. The standard InChI is InChI=1S/C27H38N6O4/c1-19(2)25(31-27(35)37-18-20-8-5-4-6-9-20)23-16-33(32-23)24(10-7-15-29-28)26(34)30-22-13-11-21(12-14-22)17-36-3/h4-6,8-9,11-14,16,19,24-25,29,32H,7,10,15,17-18,28H2,1-3H3,(H,30,34)(H,31,35)/t24-,25-/m0/s1. The summed E-state index contributed by atoms with van der Waals surface area (Å²) < 4.78 is 12.3. The molecule has 3 rings (SSSR count). The van der Waals surface area contributed by atoms with Crippen LogP contribution in [-0.2, 0) is 27.5 Å². The molecule has 0 radical (unpaired) electrons. The van der Waals surface area contributed by atoms with E-state index in [1.807, 2.05) is 74.6 Å². The first-order valence-corrected chi connectivity index (χ1v) is 12.5. The van der Waals surface area contributed by atoms with Crippen LogP contribution < -0.4 is 21.9 Å². The summed E-state index contributed by atoms with van der Waals surface area (Å²) in [5.74, 6) is 5.38. The summed E-state index contributed by atoms with van der Waals surface area (Å²) in [6.45, 7) is 5.32. The van der Waals surface area contributed by atoms with Gasteiger partial charge in [0.2, 0.25) is 5.91 Å². The van der Waals surface area contributed by atoms with Gasteiger partial charge in [0.15, 0.2) is 0 Å². The van der Waals surface area contributed by atoms with Crippen LogP contribution in [0, 0.1) is 5.92 Å². The smallest absolute Gasteiger partial charge is 0.408 e. The number of aromatic amines is 1. The molecule has 0 aliphatic rings. The molecule has 1 aromatic heterocycles. The third-order valence-corrected chi connectivity index (χ3v) is 5.99. The number of hydrogen-bond donors (Lipinski definition) is 5. The second kappa shape index (κ2) is 14.2. The molecule has 0 aliphatic heterocycles. The zero-order valence-corrected chi connectivity index (χ0v) is 21.7. The van der Waals surface area contributed by atoms with Gasteiger partial charge in [-0.25, -0.2) is 4.79 Å². The van der Waals surface area contributed by atoms with Crippen LogP contribution in [0.25, 0.3) is 0 Å². The van der Waals surface area contributed by atoms with Crippen molar-refractivity contribution in [2.75, 3.05) is 19.0 Å². The van der Waals surface area contributed by atoms with Gasteiger partial charge >= 0.3 is 6.09 Å². The van der Waals surface area contributed by atoms with Crippen LogP contribution in [0.15, 0.2) is 60.8 Å². The van der Waals surface area contributed by atoms with E-state index in [1.165, 1.54) is 0 Å². The maximum absolute atomic E-state index is 13.2. The van der Waals surface area contributed by atoms with E-state index in [-0.39, 0.29) is 24.5 Å². The molecular formula is C27H38N6O4. The molecule has 2 atom stereocenters. The zero-order valence-electron chi connectivity index (χ0n) is 21.7. The van der Waals surface area contributed by atoms with Gasteiger partial charge in [-0.15, -0.1) is 0 Å². The lowest BCUT2D eigenvalue weighted by atomic mass is 10.0. The van der Waals surface area contributed by atoms with Crippen molar-refractivity contribution in [1.29, 1.82) is 0 Å². The number of anilines is 1. The molecule has 3 aromatic rings. The summed E-state index contributed by atoms with van der Waals surface area (Å²) in [5, 5.41) is 9.17. The van der Waals surface area contributed by atoms with Crippen molar-refractivity contribution in [3.05, 3.63) is 77.6 Å². The van der Waals surface area contributed by atoms with E-state index in [0.29, 0.717) is 31.7 Å². The normalized spacial score (nSPS) is 12.8. The second-order valence-electron chi connectivity index (χ2n) is 9.26. The van der Waals surface area contributed by atoms with Gasteiger partial charge in [-0.3, -0.25) is 25.8 Å². The quantitative estimate of drug-likeness (QED) is 0.126. The minimum absolute atomic E-state index is 0.101. The number of carbonyl (C=O) groups is 2. The van der Waals surface area contributed by atoms with E-state index in [0.717, 1.165) is 16.8 Å². The maximum atomic E-state index is 13.2. The van der Waals surface area contributed by atoms with E-state index in [2.05, 4.69) is 21.2 Å². The number of H-pyrrole nitrogens is 1. The lowest BCUT2D eigenvalue weighted by Crippen LogP contribution is -2.37. The summed E-state index contributed by atoms with van der Waals surface area (Å²) in [6.07, 6.45) is 2.65. The van der Waals surface area contributed by atoms with Gasteiger partial charge in [-0.1, -0.05) is 56.3 Å². The summed E-state index contributed by atoms with van der Waals surface area (Å²) in [7, 11) is 1.64. The highest BCUT2D eigenvalue weighted by atomic mass is 16.5. The third-order valence-electron chi connectivity index (χ3n) is 5.99. The monoisotopic (exact) mass is 510 g/mol. The Morgan fingerprint density at radius 3 is 2.32 bits per heavy atom. The van der Waals surface area contributed by atoms with E-state index in [4.69, 9.17) is 15.3 Å². The van der Waals surface area contributed by atoms with Gasteiger partial charge in [-0.2, -0.15) is 0 Å². The van der Waals surface area contributed by atoms with Gasteiger partial charge in [-0.05, 0) is 42.0 Å². The topological polar surface area (TPSA) is 135 Å². The summed E-state index contributed by atoms with van der Waals surface area (Å²) in [5.41, 5.74) is 6.09. The Kier molecular flexibility index (Phi) is 10.8. The summed E-state index contributed by atoms with van der Waals surface area (Å²) in [6, 6.07) is 16.3. The molecule has 0 unspecified atom stereocenters. The molecule has 0 saturated carbocycles. The van der Waals surface area contributed by atoms with Gasteiger partial charge < -0.3 is 20.1 Å². The molecule has 10 heteroatoms. The highest BCUT2D eigenvalue weighted by molar-refractivity contribution is 5.93. The van der Waals surface area contributed by atoms with Crippen LogP contribution in [0.3, 0.4) is 0 Å².